The fraction of sp³-hybridized carbons (Fsp3) is 0.682. The summed E-state index contributed by atoms with van der Waals surface area (Å²) in [6, 6.07) is 11.4. The Kier molecular flexibility index (Phi) is 5.83. The zero-order valence-corrected chi connectivity index (χ0v) is 16.2. The van der Waals surface area contributed by atoms with E-state index in [1.807, 2.05) is 6.07 Å². The van der Waals surface area contributed by atoms with Gasteiger partial charge in [-0.05, 0) is 42.6 Å². The van der Waals surface area contributed by atoms with Crippen LogP contribution in [-0.2, 0) is 4.79 Å². The first-order valence-electron chi connectivity index (χ1n) is 10.0. The van der Waals surface area contributed by atoms with Crippen molar-refractivity contribution in [2.75, 3.05) is 13.1 Å². The van der Waals surface area contributed by atoms with E-state index in [0.29, 0.717) is 35.7 Å². The van der Waals surface area contributed by atoms with E-state index in [4.69, 9.17) is 0 Å². The Morgan fingerprint density at radius 2 is 1.80 bits per heavy atom. The molecule has 1 saturated carbocycles. The second-order valence-electron chi connectivity index (χ2n) is 8.87. The zero-order chi connectivity index (χ0) is 18.0. The van der Waals surface area contributed by atoms with Gasteiger partial charge in [-0.15, -0.1) is 0 Å². The van der Waals surface area contributed by atoms with Gasteiger partial charge in [-0.3, -0.25) is 4.79 Å². The molecule has 0 bridgehead atoms. The van der Waals surface area contributed by atoms with Crippen molar-refractivity contribution in [2.24, 2.45) is 17.8 Å². The lowest BCUT2D eigenvalue weighted by Crippen LogP contribution is -2.59. The molecule has 3 heteroatoms. The van der Waals surface area contributed by atoms with Crippen LogP contribution in [-0.4, -0.2) is 36.0 Å². The highest BCUT2D eigenvalue weighted by atomic mass is 16.2. The standard InChI is InChI=1S/C22H34N2O/c1-15(2)10-18-14-24(19(13-23-18)11-16(3)4)22(25)21-12-20(21)17-8-6-5-7-9-17/h5-9,15-16,18-21,23H,10-14H2,1-4H3/t18-,19-,20-,21+/m0/s1. The molecule has 1 aromatic rings. The molecule has 1 heterocycles. The minimum atomic E-state index is 0.204. The van der Waals surface area contributed by atoms with Gasteiger partial charge in [0.05, 0.1) is 0 Å². The maximum Gasteiger partial charge on any atom is 0.226 e. The molecule has 25 heavy (non-hydrogen) atoms. The number of nitrogens with one attached hydrogen (secondary N) is 1. The van der Waals surface area contributed by atoms with E-state index < -0.39 is 0 Å². The van der Waals surface area contributed by atoms with E-state index in [2.05, 4.69) is 62.2 Å². The van der Waals surface area contributed by atoms with Crippen molar-refractivity contribution in [3.63, 3.8) is 0 Å². The maximum absolute atomic E-state index is 13.3. The van der Waals surface area contributed by atoms with E-state index in [1.165, 1.54) is 5.56 Å². The number of hydrogen-bond donors (Lipinski definition) is 1. The minimum Gasteiger partial charge on any atom is -0.337 e. The Morgan fingerprint density at radius 1 is 1.12 bits per heavy atom. The van der Waals surface area contributed by atoms with Crippen LogP contribution in [0.2, 0.25) is 0 Å². The fourth-order valence-electron chi connectivity index (χ4n) is 4.37. The Bertz CT molecular complexity index is 569. The fourth-order valence-corrected chi connectivity index (χ4v) is 4.37. The summed E-state index contributed by atoms with van der Waals surface area (Å²) < 4.78 is 0. The summed E-state index contributed by atoms with van der Waals surface area (Å²) in [5, 5.41) is 3.70. The van der Waals surface area contributed by atoms with Gasteiger partial charge < -0.3 is 10.2 Å². The molecule has 1 saturated heterocycles. The lowest BCUT2D eigenvalue weighted by Gasteiger charge is -2.42. The molecule has 1 N–H and O–H groups in total. The highest BCUT2D eigenvalue weighted by Crippen LogP contribution is 2.48. The van der Waals surface area contributed by atoms with Gasteiger partial charge in [-0.2, -0.15) is 0 Å². The zero-order valence-electron chi connectivity index (χ0n) is 16.2. The third-order valence-corrected chi connectivity index (χ3v) is 5.62. The van der Waals surface area contributed by atoms with Gasteiger partial charge in [-0.25, -0.2) is 0 Å². The van der Waals surface area contributed by atoms with Gasteiger partial charge >= 0.3 is 0 Å². The second-order valence-corrected chi connectivity index (χ2v) is 8.87. The normalized spacial score (nSPS) is 29.3. The molecule has 0 spiro atoms. The number of piperazine rings is 1. The van der Waals surface area contributed by atoms with Crippen molar-refractivity contribution in [2.45, 2.75) is 65.0 Å². The number of hydrogen-bond acceptors (Lipinski definition) is 2. The second kappa shape index (κ2) is 7.90. The molecule has 138 valence electrons. The van der Waals surface area contributed by atoms with Gasteiger partial charge in [0.1, 0.15) is 0 Å². The Hall–Kier alpha value is -1.35. The van der Waals surface area contributed by atoms with E-state index in [0.717, 1.165) is 32.4 Å². The van der Waals surface area contributed by atoms with Crippen LogP contribution in [0.5, 0.6) is 0 Å². The summed E-state index contributed by atoms with van der Waals surface area (Å²) in [4.78, 5) is 15.5. The van der Waals surface area contributed by atoms with Crippen LogP contribution >= 0.6 is 0 Å². The van der Waals surface area contributed by atoms with Crippen molar-refractivity contribution in [3.8, 4) is 0 Å². The first kappa shape index (κ1) is 18.4. The lowest BCUT2D eigenvalue weighted by atomic mass is 9.95. The molecule has 1 aliphatic heterocycles. The third kappa shape index (κ3) is 4.63. The molecule has 1 aromatic carbocycles. The Balaban J connectivity index is 1.68. The highest BCUT2D eigenvalue weighted by molar-refractivity contribution is 5.83. The van der Waals surface area contributed by atoms with Crippen molar-refractivity contribution < 1.29 is 4.79 Å². The quantitative estimate of drug-likeness (QED) is 0.846. The lowest BCUT2D eigenvalue weighted by molar-refractivity contribution is -0.137. The monoisotopic (exact) mass is 342 g/mol. The first-order valence-corrected chi connectivity index (χ1v) is 10.0. The largest absolute Gasteiger partial charge is 0.337 e. The number of nitrogens with zero attached hydrogens (tertiary/aromatic N) is 1. The Labute approximate surface area is 153 Å². The molecular weight excluding hydrogens is 308 g/mol. The molecule has 0 aromatic heterocycles. The molecule has 0 radical (unpaired) electrons. The molecule has 2 aliphatic rings. The van der Waals surface area contributed by atoms with Crippen LogP contribution in [0.3, 0.4) is 0 Å². The summed E-state index contributed by atoms with van der Waals surface area (Å²) >= 11 is 0. The van der Waals surface area contributed by atoms with E-state index in [1.54, 1.807) is 0 Å². The van der Waals surface area contributed by atoms with Crippen LogP contribution in [0.15, 0.2) is 30.3 Å². The smallest absolute Gasteiger partial charge is 0.226 e. The average molecular weight is 343 g/mol. The van der Waals surface area contributed by atoms with Crippen LogP contribution in [0.25, 0.3) is 0 Å². The summed E-state index contributed by atoms with van der Waals surface area (Å²) in [7, 11) is 0. The predicted molar refractivity (Wildman–Crippen MR) is 103 cm³/mol. The number of benzene rings is 1. The van der Waals surface area contributed by atoms with Crippen molar-refractivity contribution in [1.82, 2.24) is 10.2 Å². The van der Waals surface area contributed by atoms with Crippen LogP contribution in [0.1, 0.15) is 58.4 Å². The molecular formula is C22H34N2O. The summed E-state index contributed by atoms with van der Waals surface area (Å²) in [5.41, 5.74) is 1.33. The summed E-state index contributed by atoms with van der Waals surface area (Å²) in [5.74, 6) is 2.32. The van der Waals surface area contributed by atoms with Gasteiger partial charge in [-0.1, -0.05) is 58.0 Å². The molecule has 3 nitrogen and oxygen atoms in total. The van der Waals surface area contributed by atoms with Gasteiger partial charge in [0.15, 0.2) is 0 Å². The number of amides is 1. The maximum atomic E-state index is 13.3. The van der Waals surface area contributed by atoms with Crippen LogP contribution in [0.4, 0.5) is 0 Å². The first-order chi connectivity index (χ1) is 12.0. The highest BCUT2D eigenvalue weighted by Gasteiger charge is 2.47. The average Bonchev–Trinajstić information content (AvgIpc) is 3.36. The van der Waals surface area contributed by atoms with Gasteiger partial charge in [0.25, 0.3) is 0 Å². The molecule has 1 amide bonds. The molecule has 1 aliphatic carbocycles. The van der Waals surface area contributed by atoms with E-state index in [9.17, 15) is 4.79 Å². The number of carbonyl (C=O) groups is 1. The van der Waals surface area contributed by atoms with Crippen molar-refractivity contribution in [3.05, 3.63) is 35.9 Å². The molecule has 3 rings (SSSR count). The van der Waals surface area contributed by atoms with Crippen LogP contribution < -0.4 is 5.32 Å². The minimum absolute atomic E-state index is 0.204. The third-order valence-electron chi connectivity index (χ3n) is 5.62. The SMILES string of the molecule is CC(C)C[C@H]1CN(C(=O)[C@@H]2C[C@H]2c2ccccc2)[C@@H](CC(C)C)CN1. The van der Waals surface area contributed by atoms with Crippen molar-refractivity contribution >= 4 is 5.91 Å². The van der Waals surface area contributed by atoms with Gasteiger partial charge in [0.2, 0.25) is 5.91 Å². The predicted octanol–water partition coefficient (Wildman–Crippen LogP) is 4.05. The summed E-state index contributed by atoms with van der Waals surface area (Å²) in [6.45, 7) is 10.9. The topological polar surface area (TPSA) is 32.3 Å². The summed E-state index contributed by atoms with van der Waals surface area (Å²) in [6.07, 6.45) is 3.26. The molecule has 4 atom stereocenters. The van der Waals surface area contributed by atoms with Crippen LogP contribution in [0, 0.1) is 17.8 Å². The molecule has 0 unspecified atom stereocenters. The van der Waals surface area contributed by atoms with E-state index in [-0.39, 0.29) is 5.92 Å². The molecule has 2 fully saturated rings. The van der Waals surface area contributed by atoms with E-state index >= 15 is 0 Å². The van der Waals surface area contributed by atoms with Gasteiger partial charge in [0, 0.05) is 31.1 Å². The van der Waals surface area contributed by atoms with Crippen molar-refractivity contribution in [1.29, 1.82) is 0 Å². The Morgan fingerprint density at radius 3 is 2.44 bits per heavy atom. The number of carbonyl (C=O) groups excluding carboxylic acids is 1. The number of rotatable bonds is 6.